The van der Waals surface area contributed by atoms with Crippen LogP contribution in [0.15, 0.2) is 0 Å². The SMILES string of the molecule is C[C@@H]1CNC[C@H]1CNCC1CC1. The molecule has 0 bridgehead atoms. The minimum atomic E-state index is 0.872. The van der Waals surface area contributed by atoms with Crippen molar-refractivity contribution in [3.05, 3.63) is 0 Å². The summed E-state index contributed by atoms with van der Waals surface area (Å²) in [6.45, 7) is 7.28. The molecule has 2 fully saturated rings. The molecular weight excluding hydrogens is 148 g/mol. The number of rotatable bonds is 4. The molecule has 0 spiro atoms. The maximum Gasteiger partial charge on any atom is -0.000523 e. The molecule has 2 rings (SSSR count). The third kappa shape index (κ3) is 2.20. The topological polar surface area (TPSA) is 24.1 Å². The summed E-state index contributed by atoms with van der Waals surface area (Å²) in [4.78, 5) is 0. The van der Waals surface area contributed by atoms with Gasteiger partial charge in [-0.1, -0.05) is 6.92 Å². The third-order valence-electron chi connectivity index (χ3n) is 3.21. The van der Waals surface area contributed by atoms with E-state index in [9.17, 15) is 0 Å². The van der Waals surface area contributed by atoms with Crippen molar-refractivity contribution < 1.29 is 0 Å². The fraction of sp³-hybridized carbons (Fsp3) is 1.00. The molecule has 1 heterocycles. The molecule has 0 amide bonds. The molecule has 2 aliphatic rings. The van der Waals surface area contributed by atoms with Crippen molar-refractivity contribution in [3.8, 4) is 0 Å². The number of nitrogens with one attached hydrogen (secondary N) is 2. The Morgan fingerprint density at radius 3 is 2.67 bits per heavy atom. The summed E-state index contributed by atoms with van der Waals surface area (Å²) in [5.74, 6) is 2.77. The lowest BCUT2D eigenvalue weighted by Crippen LogP contribution is -2.28. The lowest BCUT2D eigenvalue weighted by molar-refractivity contribution is 0.417. The van der Waals surface area contributed by atoms with E-state index < -0.39 is 0 Å². The molecule has 1 saturated carbocycles. The van der Waals surface area contributed by atoms with Crippen LogP contribution in [0.2, 0.25) is 0 Å². The minimum Gasteiger partial charge on any atom is -0.316 e. The summed E-state index contributed by atoms with van der Waals surface area (Å²) >= 11 is 0. The van der Waals surface area contributed by atoms with Crippen LogP contribution in [-0.4, -0.2) is 26.2 Å². The van der Waals surface area contributed by atoms with Gasteiger partial charge in [-0.3, -0.25) is 0 Å². The molecule has 0 unspecified atom stereocenters. The average molecular weight is 168 g/mol. The average Bonchev–Trinajstić information content (AvgIpc) is 2.78. The Morgan fingerprint density at radius 2 is 2.08 bits per heavy atom. The summed E-state index contributed by atoms with van der Waals surface area (Å²) in [6, 6.07) is 0. The first-order valence-corrected chi connectivity index (χ1v) is 5.27. The van der Waals surface area contributed by atoms with E-state index in [1.807, 2.05) is 0 Å². The van der Waals surface area contributed by atoms with E-state index in [4.69, 9.17) is 0 Å². The predicted octanol–water partition coefficient (Wildman–Crippen LogP) is 0.841. The molecule has 2 nitrogen and oxygen atoms in total. The second-order valence-corrected chi connectivity index (χ2v) is 4.50. The Labute approximate surface area is 75.1 Å². The highest BCUT2D eigenvalue weighted by Crippen LogP contribution is 2.27. The Balaban J connectivity index is 1.58. The van der Waals surface area contributed by atoms with Crippen molar-refractivity contribution >= 4 is 0 Å². The highest BCUT2D eigenvalue weighted by atomic mass is 15.0. The van der Waals surface area contributed by atoms with Gasteiger partial charge < -0.3 is 10.6 Å². The Bertz CT molecular complexity index is 143. The van der Waals surface area contributed by atoms with Crippen LogP contribution in [0.3, 0.4) is 0 Å². The molecule has 0 aromatic rings. The van der Waals surface area contributed by atoms with Gasteiger partial charge in [0.25, 0.3) is 0 Å². The van der Waals surface area contributed by atoms with E-state index in [0.29, 0.717) is 0 Å². The van der Waals surface area contributed by atoms with Crippen molar-refractivity contribution in [1.29, 1.82) is 0 Å². The fourth-order valence-corrected chi connectivity index (χ4v) is 1.93. The second-order valence-electron chi connectivity index (χ2n) is 4.50. The van der Waals surface area contributed by atoms with E-state index in [1.54, 1.807) is 0 Å². The highest BCUT2D eigenvalue weighted by molar-refractivity contribution is 4.81. The van der Waals surface area contributed by atoms with Gasteiger partial charge in [-0.2, -0.15) is 0 Å². The van der Waals surface area contributed by atoms with Gasteiger partial charge in [0.05, 0.1) is 0 Å². The number of hydrogen-bond donors (Lipinski definition) is 2. The molecule has 0 radical (unpaired) electrons. The molecule has 12 heavy (non-hydrogen) atoms. The minimum absolute atomic E-state index is 0.872. The monoisotopic (exact) mass is 168 g/mol. The van der Waals surface area contributed by atoms with Crippen LogP contribution in [0.4, 0.5) is 0 Å². The van der Waals surface area contributed by atoms with E-state index in [2.05, 4.69) is 17.6 Å². The summed E-state index contributed by atoms with van der Waals surface area (Å²) in [5.41, 5.74) is 0. The van der Waals surface area contributed by atoms with E-state index in [1.165, 1.54) is 39.0 Å². The van der Waals surface area contributed by atoms with E-state index >= 15 is 0 Å². The van der Waals surface area contributed by atoms with Gasteiger partial charge in [0.2, 0.25) is 0 Å². The van der Waals surface area contributed by atoms with E-state index in [-0.39, 0.29) is 0 Å². The first-order valence-electron chi connectivity index (χ1n) is 5.27. The van der Waals surface area contributed by atoms with Crippen molar-refractivity contribution in [2.75, 3.05) is 26.2 Å². The largest absolute Gasteiger partial charge is 0.316 e. The van der Waals surface area contributed by atoms with Crippen molar-refractivity contribution in [1.82, 2.24) is 10.6 Å². The molecule has 0 aromatic heterocycles. The first-order chi connectivity index (χ1) is 5.86. The predicted molar refractivity (Wildman–Crippen MR) is 51.1 cm³/mol. The Hall–Kier alpha value is -0.0800. The second kappa shape index (κ2) is 3.75. The summed E-state index contributed by atoms with van der Waals surface area (Å²) < 4.78 is 0. The third-order valence-corrected chi connectivity index (χ3v) is 3.21. The fourth-order valence-electron chi connectivity index (χ4n) is 1.93. The standard InChI is InChI=1S/C10H20N2/c1-8-4-11-6-10(8)7-12-5-9-2-3-9/h8-12H,2-7H2,1H3/t8-,10+/m1/s1. The molecule has 1 saturated heterocycles. The van der Waals surface area contributed by atoms with Gasteiger partial charge in [0.1, 0.15) is 0 Å². The smallest absolute Gasteiger partial charge is 0.000523 e. The molecule has 2 N–H and O–H groups in total. The molecule has 70 valence electrons. The number of hydrogen-bond acceptors (Lipinski definition) is 2. The van der Waals surface area contributed by atoms with Crippen LogP contribution in [0.5, 0.6) is 0 Å². The van der Waals surface area contributed by atoms with Crippen LogP contribution in [-0.2, 0) is 0 Å². The van der Waals surface area contributed by atoms with Crippen LogP contribution in [0.25, 0.3) is 0 Å². The lowest BCUT2D eigenvalue weighted by atomic mass is 9.98. The molecule has 1 aliphatic heterocycles. The first kappa shape index (κ1) is 8.52. The summed E-state index contributed by atoms with van der Waals surface area (Å²) in [5, 5.41) is 7.02. The maximum absolute atomic E-state index is 3.58. The van der Waals surface area contributed by atoms with Gasteiger partial charge in [-0.05, 0) is 56.8 Å². The van der Waals surface area contributed by atoms with Gasteiger partial charge in [0, 0.05) is 0 Å². The molecule has 2 heteroatoms. The van der Waals surface area contributed by atoms with Crippen LogP contribution in [0.1, 0.15) is 19.8 Å². The van der Waals surface area contributed by atoms with Gasteiger partial charge in [-0.15, -0.1) is 0 Å². The molecule has 0 aromatic carbocycles. The lowest BCUT2D eigenvalue weighted by Gasteiger charge is -2.14. The quantitative estimate of drug-likeness (QED) is 0.650. The normalized spacial score (nSPS) is 35.8. The van der Waals surface area contributed by atoms with Crippen molar-refractivity contribution in [2.24, 2.45) is 17.8 Å². The van der Waals surface area contributed by atoms with Crippen molar-refractivity contribution in [2.45, 2.75) is 19.8 Å². The summed E-state index contributed by atoms with van der Waals surface area (Å²) in [6.07, 6.45) is 2.93. The van der Waals surface area contributed by atoms with Crippen LogP contribution >= 0.6 is 0 Å². The van der Waals surface area contributed by atoms with Gasteiger partial charge >= 0.3 is 0 Å². The Morgan fingerprint density at radius 1 is 1.25 bits per heavy atom. The zero-order chi connectivity index (χ0) is 8.39. The molecular formula is C10H20N2. The van der Waals surface area contributed by atoms with Crippen LogP contribution < -0.4 is 10.6 Å². The zero-order valence-electron chi connectivity index (χ0n) is 7.97. The van der Waals surface area contributed by atoms with Gasteiger partial charge in [-0.25, -0.2) is 0 Å². The highest BCUT2D eigenvalue weighted by Gasteiger charge is 2.24. The zero-order valence-corrected chi connectivity index (χ0v) is 7.97. The van der Waals surface area contributed by atoms with Crippen molar-refractivity contribution in [3.63, 3.8) is 0 Å². The Kier molecular flexibility index (Phi) is 2.66. The summed E-state index contributed by atoms with van der Waals surface area (Å²) in [7, 11) is 0. The maximum atomic E-state index is 3.58. The van der Waals surface area contributed by atoms with E-state index in [0.717, 1.165) is 17.8 Å². The van der Waals surface area contributed by atoms with Crippen LogP contribution in [0, 0.1) is 17.8 Å². The van der Waals surface area contributed by atoms with Gasteiger partial charge in [0.15, 0.2) is 0 Å². The molecule has 2 atom stereocenters. The molecule has 1 aliphatic carbocycles.